The Balaban J connectivity index is 2.36. The molecule has 1 atom stereocenters. The van der Waals surface area contributed by atoms with Gasteiger partial charge in [0.25, 0.3) is 0 Å². The van der Waals surface area contributed by atoms with E-state index in [-0.39, 0.29) is 5.97 Å². The minimum Gasteiger partial charge on any atom is -0.462 e. The van der Waals surface area contributed by atoms with Gasteiger partial charge in [-0.2, -0.15) is 0 Å². The summed E-state index contributed by atoms with van der Waals surface area (Å²) < 4.78 is 5.07. The molecule has 0 radical (unpaired) electrons. The van der Waals surface area contributed by atoms with Crippen molar-refractivity contribution in [2.75, 3.05) is 6.61 Å². The molecule has 0 aliphatic carbocycles. The molecule has 0 heterocycles. The average Bonchev–Trinajstić information content (AvgIpc) is 2.60. The zero-order valence-electron chi connectivity index (χ0n) is 15.0. The van der Waals surface area contributed by atoms with Crippen LogP contribution in [0.1, 0.15) is 35.3 Å². The molecule has 0 aliphatic rings. The quantitative estimate of drug-likeness (QED) is 0.434. The second-order valence-corrected chi connectivity index (χ2v) is 11.1. The summed E-state index contributed by atoms with van der Waals surface area (Å²) in [6.07, 6.45) is 4.42. The van der Waals surface area contributed by atoms with Crippen molar-refractivity contribution in [1.29, 1.82) is 0 Å². The molecule has 126 valence electrons. The van der Waals surface area contributed by atoms with E-state index < -0.39 is 8.07 Å². The van der Waals surface area contributed by atoms with Crippen molar-refractivity contribution in [2.45, 2.75) is 32.5 Å². The van der Waals surface area contributed by atoms with Crippen molar-refractivity contribution in [3.8, 4) is 0 Å². The standard InChI is InChI=1S/C21H26O2Si/c1-5-10-20(24(3,4)19-11-8-7-9-12-19)17-13-15-18(16-14-17)21(22)23-6-2/h5,7-16,20H,6H2,1-4H3/b10-5+. The number of ether oxygens (including phenoxy) is 1. The minimum absolute atomic E-state index is 0.258. The van der Waals surface area contributed by atoms with Crippen LogP contribution in [0, 0.1) is 0 Å². The van der Waals surface area contributed by atoms with Gasteiger partial charge < -0.3 is 4.74 Å². The molecule has 0 N–H and O–H groups in total. The van der Waals surface area contributed by atoms with Crippen LogP contribution in [0.25, 0.3) is 0 Å². The molecule has 0 spiro atoms. The highest BCUT2D eigenvalue weighted by atomic mass is 28.3. The number of rotatable bonds is 6. The Morgan fingerprint density at radius 2 is 1.71 bits per heavy atom. The van der Waals surface area contributed by atoms with Crippen LogP contribution in [0.2, 0.25) is 13.1 Å². The maximum absolute atomic E-state index is 11.8. The van der Waals surface area contributed by atoms with E-state index >= 15 is 0 Å². The molecule has 1 unspecified atom stereocenters. The first-order valence-electron chi connectivity index (χ1n) is 8.46. The van der Waals surface area contributed by atoms with Gasteiger partial charge in [-0.3, -0.25) is 0 Å². The van der Waals surface area contributed by atoms with Gasteiger partial charge in [-0.05, 0) is 31.5 Å². The van der Waals surface area contributed by atoms with Gasteiger partial charge in [0, 0.05) is 5.54 Å². The fourth-order valence-corrected chi connectivity index (χ4v) is 6.16. The highest BCUT2D eigenvalue weighted by Crippen LogP contribution is 2.29. The van der Waals surface area contributed by atoms with E-state index in [0.717, 1.165) is 0 Å². The van der Waals surface area contributed by atoms with Crippen LogP contribution in [0.4, 0.5) is 0 Å². The average molecular weight is 339 g/mol. The molecule has 2 aromatic carbocycles. The van der Waals surface area contributed by atoms with Gasteiger partial charge in [-0.1, -0.05) is 72.9 Å². The van der Waals surface area contributed by atoms with Gasteiger partial charge in [0.15, 0.2) is 0 Å². The lowest BCUT2D eigenvalue weighted by molar-refractivity contribution is 0.0526. The fourth-order valence-electron chi connectivity index (χ4n) is 3.05. The maximum Gasteiger partial charge on any atom is 0.338 e. The smallest absolute Gasteiger partial charge is 0.338 e. The third-order valence-electron chi connectivity index (χ3n) is 4.46. The zero-order chi connectivity index (χ0) is 17.6. The minimum atomic E-state index is -1.73. The Bertz CT molecular complexity index is 688. The predicted octanol–water partition coefficient (Wildman–Crippen LogP) is 4.68. The number of hydrogen-bond donors (Lipinski definition) is 0. The molecule has 2 nitrogen and oxygen atoms in total. The largest absolute Gasteiger partial charge is 0.462 e. The van der Waals surface area contributed by atoms with Gasteiger partial charge >= 0.3 is 5.97 Å². The fraction of sp³-hybridized carbons (Fsp3) is 0.286. The first-order chi connectivity index (χ1) is 11.5. The predicted molar refractivity (Wildman–Crippen MR) is 104 cm³/mol. The highest BCUT2D eigenvalue weighted by Gasteiger charge is 2.32. The van der Waals surface area contributed by atoms with Crippen molar-refractivity contribution < 1.29 is 9.53 Å². The first kappa shape index (κ1) is 18.2. The normalized spacial score (nSPS) is 13.0. The summed E-state index contributed by atoms with van der Waals surface area (Å²) in [4.78, 5) is 11.8. The number of hydrogen-bond acceptors (Lipinski definition) is 2. The van der Waals surface area contributed by atoms with Crippen LogP contribution in [0.15, 0.2) is 66.7 Å². The molecule has 0 bridgehead atoms. The lowest BCUT2D eigenvalue weighted by Gasteiger charge is -2.31. The Morgan fingerprint density at radius 1 is 1.08 bits per heavy atom. The summed E-state index contributed by atoms with van der Waals surface area (Å²) in [7, 11) is -1.73. The number of carbonyl (C=O) groups excluding carboxylic acids is 1. The van der Waals surface area contributed by atoms with Crippen LogP contribution in [-0.4, -0.2) is 20.7 Å². The van der Waals surface area contributed by atoms with Crippen molar-refractivity contribution in [1.82, 2.24) is 0 Å². The molecule has 0 saturated heterocycles. The van der Waals surface area contributed by atoms with Crippen molar-refractivity contribution in [3.05, 3.63) is 77.9 Å². The summed E-state index contributed by atoms with van der Waals surface area (Å²) in [6.45, 7) is 9.08. The molecular weight excluding hydrogens is 312 g/mol. The third kappa shape index (κ3) is 4.03. The number of carbonyl (C=O) groups is 1. The van der Waals surface area contributed by atoms with Gasteiger partial charge in [-0.15, -0.1) is 0 Å². The van der Waals surface area contributed by atoms with Crippen molar-refractivity contribution in [2.24, 2.45) is 0 Å². The van der Waals surface area contributed by atoms with Crippen LogP contribution in [0.5, 0.6) is 0 Å². The summed E-state index contributed by atoms with van der Waals surface area (Å²) in [5.41, 5.74) is 2.22. The Morgan fingerprint density at radius 3 is 2.25 bits per heavy atom. The van der Waals surface area contributed by atoms with Gasteiger partial charge in [0.2, 0.25) is 0 Å². The molecule has 3 heteroatoms. The van der Waals surface area contributed by atoms with Gasteiger partial charge in [-0.25, -0.2) is 4.79 Å². The lowest BCUT2D eigenvalue weighted by Crippen LogP contribution is -2.47. The van der Waals surface area contributed by atoms with Crippen LogP contribution in [0.3, 0.4) is 0 Å². The van der Waals surface area contributed by atoms with E-state index in [1.54, 1.807) is 0 Å². The highest BCUT2D eigenvalue weighted by molar-refractivity contribution is 6.91. The van der Waals surface area contributed by atoms with Gasteiger partial charge in [0.1, 0.15) is 0 Å². The molecule has 2 aromatic rings. The monoisotopic (exact) mass is 338 g/mol. The van der Waals surface area contributed by atoms with Crippen LogP contribution >= 0.6 is 0 Å². The first-order valence-corrected chi connectivity index (χ1v) is 11.5. The molecule has 0 saturated carbocycles. The SMILES string of the molecule is C/C=C/C(c1ccc(C(=O)OCC)cc1)[Si](C)(C)c1ccccc1. The molecule has 0 amide bonds. The lowest BCUT2D eigenvalue weighted by atomic mass is 10.1. The summed E-state index contributed by atoms with van der Waals surface area (Å²) in [6, 6.07) is 18.6. The van der Waals surface area contributed by atoms with Gasteiger partial charge in [0.05, 0.1) is 20.2 Å². The topological polar surface area (TPSA) is 26.3 Å². The second kappa shape index (κ2) is 8.11. The summed E-state index contributed by atoms with van der Waals surface area (Å²) in [5, 5.41) is 1.43. The summed E-state index contributed by atoms with van der Waals surface area (Å²) in [5.74, 6) is -0.258. The van der Waals surface area contributed by atoms with E-state index in [9.17, 15) is 4.79 Å². The van der Waals surface area contributed by atoms with E-state index in [1.165, 1.54) is 10.8 Å². The number of benzene rings is 2. The Labute approximate surface area is 146 Å². The molecule has 0 aliphatic heterocycles. The maximum atomic E-state index is 11.8. The third-order valence-corrected chi connectivity index (χ3v) is 8.36. The number of esters is 1. The molecule has 24 heavy (non-hydrogen) atoms. The molecule has 2 rings (SSSR count). The van der Waals surface area contributed by atoms with E-state index in [2.05, 4.69) is 74.6 Å². The molecular formula is C21H26O2Si. The molecule has 0 fully saturated rings. The van der Waals surface area contributed by atoms with E-state index in [1.807, 2.05) is 19.1 Å². The Hall–Kier alpha value is -2.13. The Kier molecular flexibility index (Phi) is 6.15. The van der Waals surface area contributed by atoms with E-state index in [4.69, 9.17) is 4.74 Å². The van der Waals surface area contributed by atoms with Crippen molar-refractivity contribution in [3.63, 3.8) is 0 Å². The number of allylic oxidation sites excluding steroid dienone is 2. The summed E-state index contributed by atoms with van der Waals surface area (Å²) >= 11 is 0. The van der Waals surface area contributed by atoms with Crippen LogP contribution < -0.4 is 5.19 Å². The van der Waals surface area contributed by atoms with Crippen molar-refractivity contribution >= 4 is 19.2 Å². The second-order valence-electron chi connectivity index (χ2n) is 6.43. The zero-order valence-corrected chi connectivity index (χ0v) is 16.0. The van der Waals surface area contributed by atoms with E-state index in [0.29, 0.717) is 17.7 Å². The molecule has 0 aromatic heterocycles. The van der Waals surface area contributed by atoms with Crippen LogP contribution in [-0.2, 0) is 4.74 Å².